The Morgan fingerprint density at radius 1 is 1.21 bits per heavy atom. The fourth-order valence-electron chi connectivity index (χ4n) is 2.83. The molecule has 0 aromatic carbocycles. The number of aliphatic carboxylic acids is 1. The van der Waals surface area contributed by atoms with Crippen molar-refractivity contribution < 1.29 is 19.4 Å². The van der Waals surface area contributed by atoms with Gasteiger partial charge in [0.25, 0.3) is 0 Å². The first-order valence-corrected chi connectivity index (χ1v) is 6.94. The Labute approximate surface area is 112 Å². The molecule has 1 saturated carbocycles. The summed E-state index contributed by atoms with van der Waals surface area (Å²) < 4.78 is 5.33. The van der Waals surface area contributed by atoms with Gasteiger partial charge in [-0.15, -0.1) is 0 Å². The fraction of sp³-hybridized carbons (Fsp3) is 0.846. The second-order valence-corrected chi connectivity index (χ2v) is 5.61. The van der Waals surface area contributed by atoms with E-state index in [4.69, 9.17) is 9.84 Å². The molecule has 6 nitrogen and oxygen atoms in total. The van der Waals surface area contributed by atoms with Crippen LogP contribution in [0.15, 0.2) is 0 Å². The molecule has 2 unspecified atom stereocenters. The Hall–Kier alpha value is -1.30. The normalized spacial score (nSPS) is 34.8. The van der Waals surface area contributed by atoms with Gasteiger partial charge in [0.2, 0.25) is 0 Å². The molecule has 2 aliphatic rings. The van der Waals surface area contributed by atoms with E-state index in [0.717, 1.165) is 12.8 Å². The average molecular weight is 270 g/mol. The van der Waals surface area contributed by atoms with Gasteiger partial charge in [-0.2, -0.15) is 0 Å². The minimum absolute atomic E-state index is 0.0174. The van der Waals surface area contributed by atoms with Crippen molar-refractivity contribution in [2.75, 3.05) is 13.2 Å². The lowest BCUT2D eigenvalue weighted by molar-refractivity contribution is -0.141. The van der Waals surface area contributed by atoms with E-state index < -0.39 is 5.97 Å². The van der Waals surface area contributed by atoms with Crippen molar-refractivity contribution in [2.24, 2.45) is 11.8 Å². The zero-order chi connectivity index (χ0) is 13.8. The molecule has 1 aliphatic heterocycles. The Kier molecular flexibility index (Phi) is 4.63. The molecule has 2 amide bonds. The molecule has 0 aromatic heterocycles. The van der Waals surface area contributed by atoms with Crippen LogP contribution >= 0.6 is 0 Å². The van der Waals surface area contributed by atoms with E-state index in [-0.39, 0.29) is 24.0 Å². The number of hydrogen-bond acceptors (Lipinski definition) is 3. The number of hydrogen-bond donors (Lipinski definition) is 3. The zero-order valence-corrected chi connectivity index (χ0v) is 11.2. The molecule has 1 saturated heterocycles. The third kappa shape index (κ3) is 3.83. The van der Waals surface area contributed by atoms with Crippen LogP contribution in [0.4, 0.5) is 4.79 Å². The summed E-state index contributed by atoms with van der Waals surface area (Å²) in [6.07, 6.45) is 2.75. The second kappa shape index (κ2) is 6.23. The van der Waals surface area contributed by atoms with Gasteiger partial charge in [-0.25, -0.2) is 4.79 Å². The highest BCUT2D eigenvalue weighted by Gasteiger charge is 2.31. The van der Waals surface area contributed by atoms with Crippen molar-refractivity contribution in [1.29, 1.82) is 0 Å². The van der Waals surface area contributed by atoms with Crippen molar-refractivity contribution in [3.63, 3.8) is 0 Å². The van der Waals surface area contributed by atoms with Crippen LogP contribution in [0.1, 0.15) is 32.6 Å². The summed E-state index contributed by atoms with van der Waals surface area (Å²) in [5, 5.41) is 14.8. The molecule has 1 heterocycles. The van der Waals surface area contributed by atoms with Gasteiger partial charge >= 0.3 is 12.0 Å². The van der Waals surface area contributed by atoms with Crippen LogP contribution in [0, 0.1) is 11.8 Å². The number of ether oxygens (including phenoxy) is 1. The molecule has 19 heavy (non-hydrogen) atoms. The Balaban J connectivity index is 1.74. The average Bonchev–Trinajstić information content (AvgIpc) is 2.80. The first-order chi connectivity index (χ1) is 9.06. The maximum absolute atomic E-state index is 11.9. The third-order valence-electron chi connectivity index (χ3n) is 4.07. The number of rotatable bonds is 3. The molecule has 0 radical (unpaired) electrons. The van der Waals surface area contributed by atoms with E-state index in [1.54, 1.807) is 0 Å². The number of carboxylic acids is 1. The highest BCUT2D eigenvalue weighted by Crippen LogP contribution is 2.25. The third-order valence-corrected chi connectivity index (χ3v) is 4.07. The monoisotopic (exact) mass is 270 g/mol. The van der Waals surface area contributed by atoms with Gasteiger partial charge in [0.1, 0.15) is 0 Å². The molecule has 6 heteroatoms. The van der Waals surface area contributed by atoms with Crippen molar-refractivity contribution in [1.82, 2.24) is 10.6 Å². The quantitative estimate of drug-likeness (QED) is 0.713. The van der Waals surface area contributed by atoms with Crippen LogP contribution < -0.4 is 10.6 Å². The summed E-state index contributed by atoms with van der Waals surface area (Å²) in [7, 11) is 0. The summed E-state index contributed by atoms with van der Waals surface area (Å²) in [4.78, 5) is 22.7. The second-order valence-electron chi connectivity index (χ2n) is 5.61. The lowest BCUT2D eigenvalue weighted by atomic mass is 9.98. The SMILES string of the molecule is CC1COCCC1NC(=O)N[C@H]1CC[C@@H](C(=O)O)C1. The van der Waals surface area contributed by atoms with E-state index in [0.29, 0.717) is 32.0 Å². The number of amides is 2. The molecular weight excluding hydrogens is 248 g/mol. The fourth-order valence-corrected chi connectivity index (χ4v) is 2.83. The number of carbonyl (C=O) groups excluding carboxylic acids is 1. The topological polar surface area (TPSA) is 87.7 Å². The minimum Gasteiger partial charge on any atom is -0.481 e. The summed E-state index contributed by atoms with van der Waals surface area (Å²) >= 11 is 0. The highest BCUT2D eigenvalue weighted by atomic mass is 16.5. The highest BCUT2D eigenvalue weighted by molar-refractivity contribution is 5.75. The lowest BCUT2D eigenvalue weighted by Gasteiger charge is -2.30. The first-order valence-electron chi connectivity index (χ1n) is 6.94. The number of nitrogens with one attached hydrogen (secondary N) is 2. The molecule has 2 fully saturated rings. The van der Waals surface area contributed by atoms with Crippen LogP contribution in [0.3, 0.4) is 0 Å². The van der Waals surface area contributed by atoms with Gasteiger partial charge in [-0.3, -0.25) is 4.79 Å². The van der Waals surface area contributed by atoms with Crippen molar-refractivity contribution in [2.45, 2.75) is 44.7 Å². The maximum atomic E-state index is 11.9. The van der Waals surface area contributed by atoms with Crippen LogP contribution in [-0.4, -0.2) is 42.4 Å². The first kappa shape index (κ1) is 14.1. The van der Waals surface area contributed by atoms with Gasteiger partial charge in [0.15, 0.2) is 0 Å². The molecule has 0 bridgehead atoms. The van der Waals surface area contributed by atoms with E-state index in [9.17, 15) is 9.59 Å². The van der Waals surface area contributed by atoms with Gasteiger partial charge in [-0.05, 0) is 31.6 Å². The minimum atomic E-state index is -0.761. The Morgan fingerprint density at radius 3 is 2.63 bits per heavy atom. The lowest BCUT2D eigenvalue weighted by Crippen LogP contribution is -2.50. The molecular formula is C13H22N2O4. The van der Waals surface area contributed by atoms with Crippen molar-refractivity contribution in [3.8, 4) is 0 Å². The molecule has 3 N–H and O–H groups in total. The predicted molar refractivity (Wildman–Crippen MR) is 68.8 cm³/mol. The van der Waals surface area contributed by atoms with Crippen LogP contribution in [-0.2, 0) is 9.53 Å². The molecule has 0 spiro atoms. The standard InChI is InChI=1S/C13H22N2O4/c1-8-7-19-5-4-11(8)15-13(18)14-10-3-2-9(6-10)12(16)17/h8-11H,2-7H2,1H3,(H,16,17)(H2,14,15,18)/t8?,9-,10+,11?/m1/s1. The number of carboxylic acid groups (broad SMARTS) is 1. The van der Waals surface area contributed by atoms with Gasteiger partial charge < -0.3 is 20.5 Å². The van der Waals surface area contributed by atoms with E-state index in [1.807, 2.05) is 0 Å². The van der Waals surface area contributed by atoms with Crippen molar-refractivity contribution in [3.05, 3.63) is 0 Å². The summed E-state index contributed by atoms with van der Waals surface area (Å²) in [6, 6.07) is -0.0588. The van der Waals surface area contributed by atoms with Gasteiger partial charge in [-0.1, -0.05) is 6.92 Å². The zero-order valence-electron chi connectivity index (χ0n) is 11.2. The summed E-state index contributed by atoms with van der Waals surface area (Å²) in [5.41, 5.74) is 0. The summed E-state index contributed by atoms with van der Waals surface area (Å²) in [5.74, 6) is -0.759. The van der Waals surface area contributed by atoms with Crippen molar-refractivity contribution >= 4 is 12.0 Å². The summed E-state index contributed by atoms with van der Waals surface area (Å²) in [6.45, 7) is 3.41. The van der Waals surface area contributed by atoms with E-state index in [2.05, 4.69) is 17.6 Å². The van der Waals surface area contributed by atoms with Crippen LogP contribution in [0.2, 0.25) is 0 Å². The molecule has 0 aromatic rings. The Bertz CT molecular complexity index is 348. The largest absolute Gasteiger partial charge is 0.481 e. The van der Waals surface area contributed by atoms with E-state index >= 15 is 0 Å². The molecule has 4 atom stereocenters. The van der Waals surface area contributed by atoms with Gasteiger partial charge in [0, 0.05) is 18.7 Å². The number of urea groups is 1. The molecule has 108 valence electrons. The van der Waals surface area contributed by atoms with Crippen LogP contribution in [0.25, 0.3) is 0 Å². The number of carbonyl (C=O) groups is 2. The predicted octanol–water partition coefficient (Wildman–Crippen LogP) is 0.964. The Morgan fingerprint density at radius 2 is 2.00 bits per heavy atom. The van der Waals surface area contributed by atoms with E-state index in [1.165, 1.54) is 0 Å². The van der Waals surface area contributed by atoms with Crippen LogP contribution in [0.5, 0.6) is 0 Å². The smallest absolute Gasteiger partial charge is 0.315 e. The molecule has 2 rings (SSSR count). The van der Waals surface area contributed by atoms with Gasteiger partial charge in [0.05, 0.1) is 12.5 Å². The maximum Gasteiger partial charge on any atom is 0.315 e. The molecule has 1 aliphatic carbocycles.